The fourth-order valence-electron chi connectivity index (χ4n) is 2.89. The highest BCUT2D eigenvalue weighted by atomic mass is 35.5. The van der Waals surface area contributed by atoms with Gasteiger partial charge in [0.05, 0.1) is 11.5 Å². The van der Waals surface area contributed by atoms with Crippen LogP contribution in [0, 0.1) is 12.3 Å². The summed E-state index contributed by atoms with van der Waals surface area (Å²) in [6.07, 6.45) is 0. The van der Waals surface area contributed by atoms with Crippen LogP contribution in [0.15, 0.2) is 46.1 Å². The van der Waals surface area contributed by atoms with E-state index < -0.39 is 21.5 Å². The zero-order chi connectivity index (χ0) is 23.9. The molecule has 0 bridgehead atoms. The van der Waals surface area contributed by atoms with Crippen molar-refractivity contribution in [1.82, 2.24) is 15.4 Å². The molecule has 182 valence electrons. The van der Waals surface area contributed by atoms with Crippen LogP contribution in [0.25, 0.3) is 0 Å². The van der Waals surface area contributed by atoms with Crippen molar-refractivity contribution in [2.45, 2.75) is 38.1 Å². The molecule has 0 spiro atoms. The predicted octanol–water partition coefficient (Wildman–Crippen LogP) is 1.03. The van der Waals surface area contributed by atoms with Crippen molar-refractivity contribution in [3.8, 4) is 0 Å². The number of nitrogens with one attached hydrogen (secondary N) is 4. The molecular weight excluding hydrogens is 472 g/mol. The third-order valence-corrected chi connectivity index (χ3v) is 5.72. The number of halogens is 1. The van der Waals surface area contributed by atoms with Crippen LogP contribution in [0.4, 0.5) is 5.69 Å². The Kier molecular flexibility index (Phi) is 10.4. The molecule has 0 fully saturated rings. The van der Waals surface area contributed by atoms with E-state index in [0.717, 1.165) is 5.56 Å². The summed E-state index contributed by atoms with van der Waals surface area (Å²) in [5.74, 6) is -0.908. The maximum atomic E-state index is 13.0. The second kappa shape index (κ2) is 12.2. The number of hydroxylamine groups is 1. The number of sulfonamides is 1. The van der Waals surface area contributed by atoms with E-state index in [1.807, 2.05) is 13.8 Å². The molecular formula is C20H29ClN6O5S. The van der Waals surface area contributed by atoms with Crippen molar-refractivity contribution < 1.29 is 18.0 Å². The highest BCUT2D eigenvalue weighted by Crippen LogP contribution is 2.18. The van der Waals surface area contributed by atoms with Gasteiger partial charge in [0.2, 0.25) is 11.9 Å². The molecule has 2 rings (SSSR count). The van der Waals surface area contributed by atoms with E-state index in [1.165, 1.54) is 22.8 Å². The van der Waals surface area contributed by atoms with E-state index >= 15 is 0 Å². The molecule has 1 amide bonds. The Morgan fingerprint density at radius 2 is 1.94 bits per heavy atom. The number of nitrogens with zero attached hydrogens (tertiary/aromatic N) is 1. The topological polar surface area (TPSA) is 168 Å². The Morgan fingerprint density at radius 3 is 2.55 bits per heavy atom. The number of nitrogens with two attached hydrogens (primary N) is 1. The van der Waals surface area contributed by atoms with Gasteiger partial charge in [0.15, 0.2) is 0 Å². The van der Waals surface area contributed by atoms with Crippen LogP contribution < -0.4 is 26.8 Å². The Labute approximate surface area is 198 Å². The van der Waals surface area contributed by atoms with Gasteiger partial charge in [-0.25, -0.2) is 13.9 Å². The molecule has 1 aromatic carbocycles. The highest BCUT2D eigenvalue weighted by Gasteiger charge is 2.19. The first-order valence-electron chi connectivity index (χ1n) is 9.83. The van der Waals surface area contributed by atoms with E-state index in [0.29, 0.717) is 5.69 Å². The molecule has 1 aromatic heterocycles. The second-order valence-electron chi connectivity index (χ2n) is 7.35. The molecule has 33 heavy (non-hydrogen) atoms. The highest BCUT2D eigenvalue weighted by molar-refractivity contribution is 7.92. The number of carbonyl (C=O) groups excluding carboxylic acids is 1. The molecule has 0 radical (unpaired) electrons. The van der Waals surface area contributed by atoms with Crippen molar-refractivity contribution >= 4 is 40.0 Å². The summed E-state index contributed by atoms with van der Waals surface area (Å²) in [6.45, 7) is 5.36. The number of aryl methyl sites for hydroxylation is 1. The summed E-state index contributed by atoms with van der Waals surface area (Å²) >= 11 is 0. The third kappa shape index (κ3) is 8.08. The largest absolute Gasteiger partial charge is 0.368 e. The van der Waals surface area contributed by atoms with Crippen molar-refractivity contribution in [1.29, 1.82) is 5.41 Å². The molecule has 0 aliphatic carbocycles. The number of pyridine rings is 1. The standard InChI is InChI=1S/C20H28N6O5S.ClH/c1-13(2)17-8-7-16(25-32(29,30)15-6-4-5-14(3)11-15)19(28)26(17)12-18(27)23-9-10-31-24-20(21)22;/h4-8,11,13,25H,9-10,12H2,1-3H3,(H,23,27)(H4,21,22,24);1H. The number of amides is 1. The number of rotatable bonds is 10. The van der Waals surface area contributed by atoms with Crippen LogP contribution in [0.5, 0.6) is 0 Å². The number of hydrogen-bond donors (Lipinski definition) is 5. The normalized spacial score (nSPS) is 10.9. The number of anilines is 1. The molecule has 11 nitrogen and oxygen atoms in total. The Morgan fingerprint density at radius 1 is 1.24 bits per heavy atom. The number of hydrogen-bond acceptors (Lipinski definition) is 6. The molecule has 1 heterocycles. The number of benzene rings is 1. The molecule has 0 saturated carbocycles. The molecule has 6 N–H and O–H groups in total. The third-order valence-electron chi connectivity index (χ3n) is 4.35. The maximum absolute atomic E-state index is 13.0. The minimum Gasteiger partial charge on any atom is -0.368 e. The average molecular weight is 501 g/mol. The van der Waals surface area contributed by atoms with Crippen molar-refractivity contribution in [3.05, 3.63) is 58.0 Å². The van der Waals surface area contributed by atoms with Crippen molar-refractivity contribution in [2.75, 3.05) is 17.9 Å². The van der Waals surface area contributed by atoms with E-state index in [2.05, 4.69) is 15.5 Å². The van der Waals surface area contributed by atoms with Gasteiger partial charge in [0.25, 0.3) is 15.6 Å². The quantitative estimate of drug-likeness (QED) is 0.140. The van der Waals surface area contributed by atoms with Gasteiger partial charge >= 0.3 is 0 Å². The fourth-order valence-corrected chi connectivity index (χ4v) is 4.05. The Balaban J connectivity index is 0.00000544. The molecule has 13 heteroatoms. The lowest BCUT2D eigenvalue weighted by Gasteiger charge is -2.17. The molecule has 0 unspecified atom stereocenters. The minimum absolute atomic E-state index is 0. The lowest BCUT2D eigenvalue weighted by atomic mass is 10.1. The first-order chi connectivity index (χ1) is 15.0. The van der Waals surface area contributed by atoms with Gasteiger partial charge in [0.1, 0.15) is 12.2 Å². The molecule has 0 atom stereocenters. The smallest absolute Gasteiger partial charge is 0.275 e. The van der Waals surface area contributed by atoms with E-state index in [1.54, 1.807) is 25.1 Å². The first kappa shape index (κ1) is 27.9. The summed E-state index contributed by atoms with van der Waals surface area (Å²) in [5.41, 5.74) is 7.77. The monoisotopic (exact) mass is 500 g/mol. The molecule has 0 aliphatic rings. The zero-order valence-electron chi connectivity index (χ0n) is 18.5. The SMILES string of the molecule is Cc1cccc(S(=O)(=O)Nc2ccc(C(C)C)n(CC(=O)NCCONC(=N)N)c2=O)c1.Cl. The molecule has 0 saturated heterocycles. The van der Waals surface area contributed by atoms with Crippen LogP contribution >= 0.6 is 12.4 Å². The Hall–Kier alpha value is -3.09. The van der Waals surface area contributed by atoms with E-state index in [9.17, 15) is 18.0 Å². The lowest BCUT2D eigenvalue weighted by molar-refractivity contribution is -0.122. The minimum atomic E-state index is -3.98. The summed E-state index contributed by atoms with van der Waals surface area (Å²) < 4.78 is 29.0. The van der Waals surface area contributed by atoms with Gasteiger partial charge in [-0.1, -0.05) is 26.0 Å². The summed E-state index contributed by atoms with van der Waals surface area (Å²) in [7, 11) is -3.98. The first-order valence-corrected chi connectivity index (χ1v) is 11.3. The van der Waals surface area contributed by atoms with E-state index in [-0.39, 0.29) is 54.6 Å². The summed E-state index contributed by atoms with van der Waals surface area (Å²) in [4.78, 5) is 30.3. The average Bonchev–Trinajstić information content (AvgIpc) is 2.70. The second-order valence-corrected chi connectivity index (χ2v) is 9.04. The fraction of sp³-hybridized carbons (Fsp3) is 0.350. The van der Waals surface area contributed by atoms with Crippen LogP contribution in [0.3, 0.4) is 0 Å². The summed E-state index contributed by atoms with van der Waals surface area (Å²) in [6, 6.07) is 9.34. The molecule has 0 aliphatic heterocycles. The lowest BCUT2D eigenvalue weighted by Crippen LogP contribution is -2.38. The van der Waals surface area contributed by atoms with Gasteiger partial charge < -0.3 is 15.6 Å². The number of aromatic nitrogens is 1. The van der Waals surface area contributed by atoms with Crippen LogP contribution in [-0.4, -0.2) is 38.0 Å². The summed E-state index contributed by atoms with van der Waals surface area (Å²) in [5, 5.41) is 9.55. The zero-order valence-corrected chi connectivity index (χ0v) is 20.2. The van der Waals surface area contributed by atoms with Gasteiger partial charge in [-0.05, 0) is 42.7 Å². The van der Waals surface area contributed by atoms with E-state index in [4.69, 9.17) is 16.0 Å². The van der Waals surface area contributed by atoms with Crippen LogP contribution in [0.1, 0.15) is 31.0 Å². The van der Waals surface area contributed by atoms with Crippen molar-refractivity contribution in [3.63, 3.8) is 0 Å². The van der Waals surface area contributed by atoms with Crippen LogP contribution in [0.2, 0.25) is 0 Å². The van der Waals surface area contributed by atoms with Crippen molar-refractivity contribution in [2.24, 2.45) is 5.73 Å². The number of carbonyl (C=O) groups is 1. The maximum Gasteiger partial charge on any atom is 0.275 e. The van der Waals surface area contributed by atoms with Gasteiger partial charge in [0, 0.05) is 12.2 Å². The van der Waals surface area contributed by atoms with Gasteiger partial charge in [-0.15, -0.1) is 12.4 Å². The predicted molar refractivity (Wildman–Crippen MR) is 128 cm³/mol. The van der Waals surface area contributed by atoms with Gasteiger partial charge in [-0.3, -0.25) is 24.6 Å². The number of guanidine groups is 1. The molecule has 2 aromatic rings. The van der Waals surface area contributed by atoms with Crippen LogP contribution in [-0.2, 0) is 26.2 Å². The van der Waals surface area contributed by atoms with Gasteiger partial charge in [-0.2, -0.15) is 0 Å². The Bertz CT molecular complexity index is 1150.